The Morgan fingerprint density at radius 2 is 1.85 bits per heavy atom. The minimum atomic E-state index is -3.43. The molecule has 1 aromatic rings. The van der Waals surface area contributed by atoms with Gasteiger partial charge in [-0.25, -0.2) is 8.42 Å². The molecule has 1 aromatic carbocycles. The van der Waals surface area contributed by atoms with Gasteiger partial charge in [0, 0.05) is 32.2 Å². The lowest BCUT2D eigenvalue weighted by Gasteiger charge is -2.30. The summed E-state index contributed by atoms with van der Waals surface area (Å²) >= 11 is 5.68. The van der Waals surface area contributed by atoms with Gasteiger partial charge in [0.05, 0.1) is 4.90 Å². The van der Waals surface area contributed by atoms with Crippen molar-refractivity contribution >= 4 is 21.6 Å². The zero-order chi connectivity index (χ0) is 14.6. The first kappa shape index (κ1) is 15.8. The predicted octanol–water partition coefficient (Wildman–Crippen LogP) is 2.27. The predicted molar refractivity (Wildman–Crippen MR) is 79.7 cm³/mol. The van der Waals surface area contributed by atoms with Crippen molar-refractivity contribution in [2.24, 2.45) is 0 Å². The summed E-state index contributed by atoms with van der Waals surface area (Å²) in [4.78, 5) is 0.338. The van der Waals surface area contributed by atoms with Crippen LogP contribution in [0, 0.1) is 0 Å². The molecule has 1 fully saturated rings. The molecule has 1 heterocycles. The first-order chi connectivity index (χ1) is 9.55. The van der Waals surface area contributed by atoms with Crippen LogP contribution < -0.4 is 0 Å². The van der Waals surface area contributed by atoms with Crippen molar-refractivity contribution in [3.8, 4) is 0 Å². The average Bonchev–Trinajstić information content (AvgIpc) is 2.48. The van der Waals surface area contributed by atoms with E-state index in [9.17, 15) is 8.42 Å². The minimum Gasteiger partial charge on any atom is -0.381 e. The molecule has 2 rings (SSSR count). The highest BCUT2D eigenvalue weighted by molar-refractivity contribution is 7.89. The van der Waals surface area contributed by atoms with Gasteiger partial charge in [0.25, 0.3) is 0 Å². The first-order valence-electron chi connectivity index (χ1n) is 6.76. The van der Waals surface area contributed by atoms with Crippen LogP contribution in [0.2, 0.25) is 0 Å². The van der Waals surface area contributed by atoms with E-state index in [0.717, 1.165) is 24.8 Å². The quantitative estimate of drug-likeness (QED) is 0.783. The van der Waals surface area contributed by atoms with Gasteiger partial charge in [-0.05, 0) is 37.0 Å². The van der Waals surface area contributed by atoms with Crippen LogP contribution in [0.15, 0.2) is 29.2 Å². The van der Waals surface area contributed by atoms with Gasteiger partial charge in [-0.1, -0.05) is 12.1 Å². The molecule has 0 spiro atoms. The summed E-state index contributed by atoms with van der Waals surface area (Å²) in [6, 6.07) is 7.00. The zero-order valence-electron chi connectivity index (χ0n) is 11.6. The largest absolute Gasteiger partial charge is 0.381 e. The molecule has 20 heavy (non-hydrogen) atoms. The number of ether oxygens (including phenoxy) is 1. The standard InChI is InChI=1S/C14H20ClNO3S/c1-16(13-7-10-19-11-8-13)20(17,18)14-4-2-12(3-5-14)6-9-15/h2-5,13H,6-11H2,1H3. The van der Waals surface area contributed by atoms with Crippen LogP contribution in [0.1, 0.15) is 18.4 Å². The second-order valence-electron chi connectivity index (χ2n) is 4.95. The van der Waals surface area contributed by atoms with Gasteiger partial charge in [-0.15, -0.1) is 11.6 Å². The number of benzene rings is 1. The van der Waals surface area contributed by atoms with Gasteiger partial charge in [-0.3, -0.25) is 0 Å². The van der Waals surface area contributed by atoms with E-state index in [1.807, 2.05) is 12.1 Å². The second-order valence-corrected chi connectivity index (χ2v) is 7.32. The summed E-state index contributed by atoms with van der Waals surface area (Å²) in [5.41, 5.74) is 1.05. The molecule has 0 amide bonds. The number of hydrogen-bond acceptors (Lipinski definition) is 3. The molecule has 1 aliphatic rings. The highest BCUT2D eigenvalue weighted by Gasteiger charge is 2.29. The van der Waals surface area contributed by atoms with Crippen LogP contribution in [0.25, 0.3) is 0 Å². The maximum atomic E-state index is 12.6. The average molecular weight is 318 g/mol. The van der Waals surface area contributed by atoms with Crippen LogP contribution >= 0.6 is 11.6 Å². The number of alkyl halides is 1. The van der Waals surface area contributed by atoms with Crippen molar-refractivity contribution < 1.29 is 13.2 Å². The van der Waals surface area contributed by atoms with Gasteiger partial charge < -0.3 is 4.74 Å². The smallest absolute Gasteiger partial charge is 0.243 e. The first-order valence-corrected chi connectivity index (χ1v) is 8.74. The molecule has 6 heteroatoms. The van der Waals surface area contributed by atoms with Gasteiger partial charge >= 0.3 is 0 Å². The molecule has 0 saturated carbocycles. The summed E-state index contributed by atoms with van der Waals surface area (Å²) in [6.07, 6.45) is 2.25. The summed E-state index contributed by atoms with van der Waals surface area (Å²) in [5, 5.41) is 0. The molecule has 0 atom stereocenters. The zero-order valence-corrected chi connectivity index (χ0v) is 13.2. The number of aryl methyl sites for hydroxylation is 1. The van der Waals surface area contributed by atoms with Crippen LogP contribution in [0.4, 0.5) is 0 Å². The Hall–Kier alpha value is -0.620. The lowest BCUT2D eigenvalue weighted by Crippen LogP contribution is -2.40. The molecule has 0 radical (unpaired) electrons. The van der Waals surface area contributed by atoms with E-state index in [-0.39, 0.29) is 6.04 Å². The Bertz CT molecular complexity index is 524. The Kier molecular flexibility index (Phi) is 5.43. The molecule has 0 aliphatic carbocycles. The third-order valence-corrected chi connectivity index (χ3v) is 5.80. The third-order valence-electron chi connectivity index (χ3n) is 3.69. The van der Waals surface area contributed by atoms with Crippen LogP contribution in [-0.4, -0.2) is 44.9 Å². The molecule has 112 valence electrons. The van der Waals surface area contributed by atoms with Crippen molar-refractivity contribution in [1.82, 2.24) is 4.31 Å². The van der Waals surface area contributed by atoms with Crippen molar-refractivity contribution in [3.05, 3.63) is 29.8 Å². The van der Waals surface area contributed by atoms with Gasteiger partial charge in [0.15, 0.2) is 0 Å². The topological polar surface area (TPSA) is 46.6 Å². The van der Waals surface area contributed by atoms with Gasteiger partial charge in [0.1, 0.15) is 0 Å². The van der Waals surface area contributed by atoms with E-state index >= 15 is 0 Å². The SMILES string of the molecule is CN(C1CCOCC1)S(=O)(=O)c1ccc(CCCl)cc1. The molecular weight excluding hydrogens is 298 g/mol. The number of nitrogens with zero attached hydrogens (tertiary/aromatic N) is 1. The Labute approximate surface area is 125 Å². The highest BCUT2D eigenvalue weighted by atomic mass is 35.5. The maximum Gasteiger partial charge on any atom is 0.243 e. The fraction of sp³-hybridized carbons (Fsp3) is 0.571. The van der Waals surface area contributed by atoms with E-state index in [1.54, 1.807) is 19.2 Å². The van der Waals surface area contributed by atoms with E-state index in [0.29, 0.717) is 24.0 Å². The highest BCUT2D eigenvalue weighted by Crippen LogP contribution is 2.22. The summed E-state index contributed by atoms with van der Waals surface area (Å²) in [7, 11) is -1.77. The lowest BCUT2D eigenvalue weighted by atomic mass is 10.1. The third kappa shape index (κ3) is 3.52. The normalized spacial score (nSPS) is 17.6. The fourth-order valence-corrected chi connectivity index (χ4v) is 3.98. The van der Waals surface area contributed by atoms with Crippen LogP contribution in [-0.2, 0) is 21.2 Å². The van der Waals surface area contributed by atoms with Gasteiger partial charge in [0.2, 0.25) is 10.0 Å². The number of rotatable bonds is 5. The van der Waals surface area contributed by atoms with E-state index in [4.69, 9.17) is 16.3 Å². The molecule has 0 aromatic heterocycles. The monoisotopic (exact) mass is 317 g/mol. The summed E-state index contributed by atoms with van der Waals surface area (Å²) in [6.45, 7) is 1.25. The molecule has 4 nitrogen and oxygen atoms in total. The molecule has 0 unspecified atom stereocenters. The number of hydrogen-bond donors (Lipinski definition) is 0. The molecule has 0 N–H and O–H groups in total. The number of sulfonamides is 1. The van der Waals surface area contributed by atoms with E-state index < -0.39 is 10.0 Å². The van der Waals surface area contributed by atoms with Crippen LogP contribution in [0.5, 0.6) is 0 Å². The van der Waals surface area contributed by atoms with Crippen molar-refractivity contribution in [2.45, 2.75) is 30.2 Å². The molecule has 1 aliphatic heterocycles. The Balaban J connectivity index is 2.15. The van der Waals surface area contributed by atoms with Crippen LogP contribution in [0.3, 0.4) is 0 Å². The Morgan fingerprint density at radius 1 is 1.25 bits per heavy atom. The van der Waals surface area contributed by atoms with Crippen molar-refractivity contribution in [3.63, 3.8) is 0 Å². The molecule has 0 bridgehead atoms. The van der Waals surface area contributed by atoms with Gasteiger partial charge in [-0.2, -0.15) is 4.31 Å². The summed E-state index contributed by atoms with van der Waals surface area (Å²) < 4.78 is 31.9. The van der Waals surface area contributed by atoms with Crippen molar-refractivity contribution in [1.29, 1.82) is 0 Å². The molecular formula is C14H20ClNO3S. The fourth-order valence-electron chi connectivity index (χ4n) is 2.35. The Morgan fingerprint density at radius 3 is 2.40 bits per heavy atom. The van der Waals surface area contributed by atoms with E-state index in [1.165, 1.54) is 4.31 Å². The molecule has 1 saturated heterocycles. The number of halogens is 1. The minimum absolute atomic E-state index is 0.0243. The maximum absolute atomic E-state index is 12.6. The van der Waals surface area contributed by atoms with E-state index in [2.05, 4.69) is 0 Å². The second kappa shape index (κ2) is 6.89. The summed E-state index contributed by atoms with van der Waals surface area (Å²) in [5.74, 6) is 0.536. The lowest BCUT2D eigenvalue weighted by molar-refractivity contribution is 0.0632. The van der Waals surface area contributed by atoms with Crippen molar-refractivity contribution in [2.75, 3.05) is 26.1 Å².